The zero-order valence-corrected chi connectivity index (χ0v) is 37.5. The minimum Gasteiger partial charge on any atom is -0.481 e. The maximum absolute atomic E-state index is 12.7. The Morgan fingerprint density at radius 1 is 0.588 bits per heavy atom. The van der Waals surface area contributed by atoms with Crippen molar-refractivity contribution in [3.63, 3.8) is 0 Å². The molecule has 27 heteroatoms. The Bertz CT molecular complexity index is 1940. The number of benzene rings is 2. The number of aliphatic carboxylic acids is 2. The Labute approximate surface area is 392 Å². The first-order valence-electron chi connectivity index (χ1n) is 21.1. The maximum atomic E-state index is 12.7. The molecule has 0 unspecified atom stereocenters. The van der Waals surface area contributed by atoms with Crippen molar-refractivity contribution in [1.29, 1.82) is 0 Å². The average Bonchev–Trinajstić information content (AvgIpc) is 3.26. The molecular weight excluding hydrogens is 987 g/mol. The van der Waals surface area contributed by atoms with Crippen molar-refractivity contribution in [3.05, 3.63) is 57.6 Å². The minimum absolute atomic E-state index is 0.103. The fraction of sp³-hybridized carbons (Fsp3) is 0.634. The Kier molecular flexibility index (Phi) is 20.0. The molecule has 4 saturated heterocycles. The molecule has 68 heavy (non-hydrogen) atoms. The normalized spacial score (nSPS) is 18.8. The van der Waals surface area contributed by atoms with Gasteiger partial charge in [-0.2, -0.15) is 52.7 Å². The Hall–Kier alpha value is -4.17. The largest absolute Gasteiger partial charge is 0.481 e. The zero-order chi connectivity index (χ0) is 50.8. The number of halogens is 14. The van der Waals surface area contributed by atoms with E-state index in [0.29, 0.717) is 50.3 Å². The van der Waals surface area contributed by atoms with E-state index in [-0.39, 0.29) is 32.1 Å². The quantitative estimate of drug-likeness (QED) is 0.181. The Morgan fingerprint density at radius 3 is 1.28 bits per heavy atom. The molecule has 4 heterocycles. The fourth-order valence-electron chi connectivity index (χ4n) is 7.78. The Morgan fingerprint density at radius 2 is 0.956 bits per heavy atom. The predicted molar refractivity (Wildman–Crippen MR) is 224 cm³/mol. The second kappa shape index (κ2) is 24.1. The lowest BCUT2D eigenvalue weighted by molar-refractivity contribution is -0.309. The van der Waals surface area contributed by atoms with Crippen LogP contribution in [0.3, 0.4) is 0 Å². The number of hydrogen-bond acceptors (Lipinski definition) is 10. The van der Waals surface area contributed by atoms with E-state index in [2.05, 4.69) is 25.9 Å². The molecular formula is C41H50Cl2F12N6O7. The first-order valence-corrected chi connectivity index (χ1v) is 21.9. The molecule has 6 rings (SSSR count). The number of piperidine rings is 2. The number of carboxylic acid groups (broad SMARTS) is 2. The van der Waals surface area contributed by atoms with Crippen molar-refractivity contribution in [1.82, 2.24) is 20.0 Å². The number of carbonyl (C=O) groups is 3. The summed E-state index contributed by atoms with van der Waals surface area (Å²) in [7, 11) is 0. The van der Waals surface area contributed by atoms with Gasteiger partial charge in [0.1, 0.15) is 0 Å². The van der Waals surface area contributed by atoms with Crippen LogP contribution in [0.2, 0.25) is 10.0 Å². The van der Waals surface area contributed by atoms with Crippen LogP contribution in [0.25, 0.3) is 0 Å². The number of carboxylic acids is 2. The highest BCUT2D eigenvalue weighted by Gasteiger charge is 2.60. The number of rotatable bonds is 9. The van der Waals surface area contributed by atoms with Crippen LogP contribution < -0.4 is 15.1 Å². The standard InChI is InChI=1S/C21H24ClF6N3O4.C17H24ClN3O2.C3H2F6O/c22-15-2-1-14(16(11-15)30-5-3-13(4-6-30)17(32)33)12-29-7-9-31(10-8-29)19(34)35-18(20(23,24)25)21(26,27)28;18-15-2-1-14(12-20-9-5-19-6-10-20)16(11-15)21-7-3-13(4-8-21)17(22)23;4-2(5,6)1(10)3(7,8)9/h1-2,11,13,18H,3-10,12H2,(H,32,33);1-2,11,13,19H,3-10,12H2,(H,22,23);1,10H. The number of amides is 1. The smallest absolute Gasteiger partial charge is 0.434 e. The molecule has 0 spiro atoms. The molecule has 2 aromatic rings. The number of anilines is 2. The van der Waals surface area contributed by atoms with Gasteiger partial charge in [0, 0.05) is 113 Å². The molecule has 4 aliphatic heterocycles. The Balaban J connectivity index is 0.000000260. The van der Waals surface area contributed by atoms with Gasteiger partial charge in [-0.3, -0.25) is 19.4 Å². The van der Waals surface area contributed by atoms with Gasteiger partial charge in [0.05, 0.1) is 11.8 Å². The molecule has 0 aromatic heterocycles. The van der Waals surface area contributed by atoms with Crippen molar-refractivity contribution < 1.29 is 87.1 Å². The lowest BCUT2D eigenvalue weighted by Crippen LogP contribution is -2.52. The van der Waals surface area contributed by atoms with E-state index in [1.54, 1.807) is 12.1 Å². The summed E-state index contributed by atoms with van der Waals surface area (Å²) in [5.74, 6) is -2.11. The first kappa shape index (κ1) is 56.4. The van der Waals surface area contributed by atoms with Crippen LogP contribution >= 0.6 is 23.2 Å². The summed E-state index contributed by atoms with van der Waals surface area (Å²) in [6.07, 6.45) is -30.5. The van der Waals surface area contributed by atoms with E-state index in [0.717, 1.165) is 67.0 Å². The molecule has 384 valence electrons. The monoisotopic (exact) mass is 1040 g/mol. The number of piperazine rings is 2. The summed E-state index contributed by atoms with van der Waals surface area (Å²) in [4.78, 5) is 43.8. The molecule has 4 N–H and O–H groups in total. The number of hydrogen-bond donors (Lipinski definition) is 4. The van der Waals surface area contributed by atoms with E-state index in [9.17, 15) is 72.2 Å². The topological polar surface area (TPSA) is 149 Å². The third-order valence-corrected chi connectivity index (χ3v) is 12.0. The van der Waals surface area contributed by atoms with E-state index in [4.69, 9.17) is 33.4 Å². The molecule has 0 radical (unpaired) electrons. The van der Waals surface area contributed by atoms with E-state index >= 15 is 0 Å². The van der Waals surface area contributed by atoms with Crippen LogP contribution in [-0.2, 0) is 27.4 Å². The fourth-order valence-corrected chi connectivity index (χ4v) is 8.12. The molecule has 13 nitrogen and oxygen atoms in total. The summed E-state index contributed by atoms with van der Waals surface area (Å²) >= 11 is 12.4. The van der Waals surface area contributed by atoms with Crippen LogP contribution in [0.4, 0.5) is 68.9 Å². The second-order valence-corrected chi connectivity index (χ2v) is 17.2. The van der Waals surface area contributed by atoms with Gasteiger partial charge >= 0.3 is 42.7 Å². The van der Waals surface area contributed by atoms with Gasteiger partial charge in [0.15, 0.2) is 0 Å². The van der Waals surface area contributed by atoms with E-state index in [1.165, 1.54) is 11.3 Å². The summed E-state index contributed by atoms with van der Waals surface area (Å²) < 4.78 is 146. The summed E-state index contributed by atoms with van der Waals surface area (Å²) in [5.41, 5.74) is 4.17. The molecule has 4 aliphatic rings. The van der Waals surface area contributed by atoms with Crippen LogP contribution in [0.5, 0.6) is 0 Å². The van der Waals surface area contributed by atoms with E-state index < -0.39 is 60.9 Å². The van der Waals surface area contributed by atoms with E-state index in [1.807, 2.05) is 28.0 Å². The van der Waals surface area contributed by atoms with Gasteiger partial charge in [0.25, 0.3) is 6.10 Å². The highest BCUT2D eigenvalue weighted by Crippen LogP contribution is 2.37. The van der Waals surface area contributed by atoms with Crippen molar-refractivity contribution in [2.24, 2.45) is 11.8 Å². The highest BCUT2D eigenvalue weighted by atomic mass is 35.5. The van der Waals surface area contributed by atoms with Crippen LogP contribution in [0.15, 0.2) is 36.4 Å². The van der Waals surface area contributed by atoms with Crippen molar-refractivity contribution in [2.45, 2.75) is 75.7 Å². The molecule has 0 bridgehead atoms. The lowest BCUT2D eigenvalue weighted by Gasteiger charge is -2.37. The van der Waals surface area contributed by atoms with Crippen LogP contribution in [-0.4, -0.2) is 164 Å². The summed E-state index contributed by atoms with van der Waals surface area (Å²) in [5, 5.41) is 30.4. The van der Waals surface area contributed by atoms with Crippen LogP contribution in [0.1, 0.15) is 36.8 Å². The third-order valence-electron chi connectivity index (χ3n) is 11.5. The first-order chi connectivity index (χ1) is 31.5. The second-order valence-electron chi connectivity index (χ2n) is 16.4. The van der Waals surface area contributed by atoms with Gasteiger partial charge in [-0.05, 0) is 61.1 Å². The molecule has 4 fully saturated rings. The molecule has 1 amide bonds. The SMILES string of the molecule is O=C(O)C1CCN(c2cc(Cl)ccc2CN2CCN(C(=O)OC(C(F)(F)F)C(F)(F)F)CC2)CC1.O=C(O)C1CCN(c2cc(Cl)ccc2CN2CCNCC2)CC1.OC(C(F)(F)F)C(F)(F)F. The van der Waals surface area contributed by atoms with Crippen molar-refractivity contribution in [2.75, 3.05) is 88.3 Å². The maximum Gasteiger partial charge on any atom is 0.434 e. The number of alkyl halides is 12. The highest BCUT2D eigenvalue weighted by molar-refractivity contribution is 6.31. The van der Waals surface area contributed by atoms with Gasteiger partial charge in [-0.15, -0.1) is 0 Å². The van der Waals surface area contributed by atoms with Crippen LogP contribution in [0, 0.1) is 11.8 Å². The lowest BCUT2D eigenvalue weighted by atomic mass is 9.96. The number of nitrogens with one attached hydrogen (secondary N) is 1. The number of ether oxygens (including phenoxy) is 1. The van der Waals surface area contributed by atoms with Gasteiger partial charge < -0.3 is 40.1 Å². The third kappa shape index (κ3) is 17.1. The van der Waals surface area contributed by atoms with Crippen molar-refractivity contribution >= 4 is 52.6 Å². The molecule has 0 atom stereocenters. The summed E-state index contributed by atoms with van der Waals surface area (Å²) in [6, 6.07) is 11.4. The minimum atomic E-state index is -5.76. The summed E-state index contributed by atoms with van der Waals surface area (Å²) in [6.45, 7) is 8.36. The number of aliphatic hydroxyl groups excluding tert-OH is 1. The number of carbonyl (C=O) groups excluding carboxylic acids is 1. The number of nitrogens with zero attached hydrogens (tertiary/aromatic N) is 5. The molecule has 0 aliphatic carbocycles. The zero-order valence-electron chi connectivity index (χ0n) is 36.0. The average molecular weight is 1040 g/mol. The predicted octanol–water partition coefficient (Wildman–Crippen LogP) is 7.91. The number of aliphatic hydroxyl groups is 1. The molecule has 0 saturated carbocycles. The van der Waals surface area contributed by atoms with Gasteiger partial charge in [0.2, 0.25) is 6.10 Å². The molecule has 2 aromatic carbocycles. The van der Waals surface area contributed by atoms with Gasteiger partial charge in [-0.1, -0.05) is 35.3 Å². The van der Waals surface area contributed by atoms with Crippen molar-refractivity contribution in [3.8, 4) is 0 Å². The van der Waals surface area contributed by atoms with Gasteiger partial charge in [-0.25, -0.2) is 4.79 Å².